The molecule has 0 unspecified atom stereocenters. The number of carbonyl (C=O) groups is 1. The average molecular weight is 330 g/mol. The number of likely N-dealkylation sites (tertiary alicyclic amines) is 1. The van der Waals surface area contributed by atoms with Crippen LogP contribution in [0.1, 0.15) is 48.8 Å². The van der Waals surface area contributed by atoms with Crippen molar-refractivity contribution in [2.24, 2.45) is 0 Å². The summed E-state index contributed by atoms with van der Waals surface area (Å²) in [6.07, 6.45) is 8.03. The van der Waals surface area contributed by atoms with Crippen LogP contribution in [-0.2, 0) is 24.1 Å². The maximum Gasteiger partial charge on any atom is 0.224 e. The van der Waals surface area contributed by atoms with Gasteiger partial charge in [-0.1, -0.05) is 18.2 Å². The molecule has 1 aromatic rings. The van der Waals surface area contributed by atoms with E-state index in [9.17, 15) is 9.90 Å². The molecule has 4 nitrogen and oxygen atoms in total. The van der Waals surface area contributed by atoms with Gasteiger partial charge in [0.1, 0.15) is 0 Å². The van der Waals surface area contributed by atoms with Gasteiger partial charge in [-0.05, 0) is 68.2 Å². The Kier molecular flexibility index (Phi) is 6.27. The fourth-order valence-corrected chi connectivity index (χ4v) is 3.82. The molecule has 132 valence electrons. The number of nitrogens with one attached hydrogen (secondary N) is 1. The second-order valence-electron chi connectivity index (χ2n) is 7.26. The summed E-state index contributed by atoms with van der Waals surface area (Å²) in [5.74, 6) is 0.125. The highest BCUT2D eigenvalue weighted by Gasteiger charge is 2.16. The molecule has 0 atom stereocenters. The van der Waals surface area contributed by atoms with E-state index in [4.69, 9.17) is 0 Å². The minimum atomic E-state index is -0.113. The van der Waals surface area contributed by atoms with Gasteiger partial charge in [0.05, 0.1) is 12.5 Å². The van der Waals surface area contributed by atoms with Crippen LogP contribution in [0.15, 0.2) is 18.2 Å². The molecule has 1 heterocycles. The third kappa shape index (κ3) is 5.05. The summed E-state index contributed by atoms with van der Waals surface area (Å²) < 4.78 is 0. The van der Waals surface area contributed by atoms with Crippen molar-refractivity contribution in [3.8, 4) is 0 Å². The summed E-state index contributed by atoms with van der Waals surface area (Å²) in [6, 6.07) is 6.55. The topological polar surface area (TPSA) is 52.6 Å². The van der Waals surface area contributed by atoms with E-state index < -0.39 is 0 Å². The number of fused-ring (bicyclic) bond motifs is 1. The van der Waals surface area contributed by atoms with E-state index in [0.29, 0.717) is 6.42 Å². The fourth-order valence-electron chi connectivity index (χ4n) is 3.82. The third-order valence-corrected chi connectivity index (χ3v) is 5.31. The number of benzene rings is 1. The van der Waals surface area contributed by atoms with Gasteiger partial charge in [-0.2, -0.15) is 0 Å². The Hall–Kier alpha value is -1.39. The van der Waals surface area contributed by atoms with Gasteiger partial charge in [-0.15, -0.1) is 0 Å². The van der Waals surface area contributed by atoms with Gasteiger partial charge in [-0.3, -0.25) is 4.79 Å². The van der Waals surface area contributed by atoms with Gasteiger partial charge in [0, 0.05) is 19.6 Å². The first kappa shape index (κ1) is 17.4. The standard InChI is InChI=1S/C20H30N2O2/c23-19-8-12-22(13-9-19)11-3-10-21-20(24)15-16-6-7-17-4-1-2-5-18(17)14-16/h6-7,14,19,23H,1-5,8-13,15H2,(H,21,24). The van der Waals surface area contributed by atoms with Crippen LogP contribution in [0.3, 0.4) is 0 Å². The molecule has 1 aromatic carbocycles. The number of nitrogens with zero attached hydrogens (tertiary/aromatic N) is 1. The van der Waals surface area contributed by atoms with E-state index in [1.54, 1.807) is 0 Å². The summed E-state index contributed by atoms with van der Waals surface area (Å²) in [5.41, 5.74) is 4.05. The zero-order chi connectivity index (χ0) is 16.8. The first-order valence-electron chi connectivity index (χ1n) is 9.48. The highest BCUT2D eigenvalue weighted by molar-refractivity contribution is 5.78. The van der Waals surface area contributed by atoms with Gasteiger partial charge in [0.25, 0.3) is 0 Å². The van der Waals surface area contributed by atoms with Crippen molar-refractivity contribution >= 4 is 5.91 Å². The molecule has 3 rings (SSSR count). The molecule has 0 bridgehead atoms. The number of hydrogen-bond acceptors (Lipinski definition) is 3. The summed E-state index contributed by atoms with van der Waals surface area (Å²) >= 11 is 0. The average Bonchev–Trinajstić information content (AvgIpc) is 2.60. The molecule has 1 saturated heterocycles. The van der Waals surface area contributed by atoms with Crippen molar-refractivity contribution in [1.29, 1.82) is 0 Å². The van der Waals surface area contributed by atoms with Crippen LogP contribution in [0.2, 0.25) is 0 Å². The summed E-state index contributed by atoms with van der Waals surface area (Å²) in [7, 11) is 0. The molecule has 1 aliphatic heterocycles. The molecule has 4 heteroatoms. The van der Waals surface area contributed by atoms with E-state index in [-0.39, 0.29) is 12.0 Å². The maximum absolute atomic E-state index is 12.1. The Bertz CT molecular complexity index is 551. The van der Waals surface area contributed by atoms with Crippen LogP contribution < -0.4 is 5.32 Å². The molecule has 2 aliphatic rings. The van der Waals surface area contributed by atoms with Crippen LogP contribution in [0, 0.1) is 0 Å². The summed E-state index contributed by atoms with van der Waals surface area (Å²) in [5, 5.41) is 12.5. The van der Waals surface area contributed by atoms with Crippen LogP contribution >= 0.6 is 0 Å². The zero-order valence-electron chi connectivity index (χ0n) is 14.6. The van der Waals surface area contributed by atoms with E-state index >= 15 is 0 Å². The largest absolute Gasteiger partial charge is 0.393 e. The van der Waals surface area contributed by atoms with Crippen molar-refractivity contribution in [2.45, 2.75) is 57.5 Å². The number of aliphatic hydroxyl groups excluding tert-OH is 1. The summed E-state index contributed by atoms with van der Waals surface area (Å²) in [4.78, 5) is 14.5. The quantitative estimate of drug-likeness (QED) is 0.785. The minimum Gasteiger partial charge on any atom is -0.393 e. The molecule has 1 fully saturated rings. The lowest BCUT2D eigenvalue weighted by Crippen LogP contribution is -2.37. The number of aryl methyl sites for hydroxylation is 2. The van der Waals surface area contributed by atoms with E-state index in [1.165, 1.54) is 30.4 Å². The Labute approximate surface area is 145 Å². The Morgan fingerprint density at radius 2 is 1.92 bits per heavy atom. The first-order valence-corrected chi connectivity index (χ1v) is 9.48. The number of piperidine rings is 1. The Morgan fingerprint density at radius 3 is 2.71 bits per heavy atom. The SMILES string of the molecule is O=C(Cc1ccc2c(c1)CCCC2)NCCCN1CCC(O)CC1. The lowest BCUT2D eigenvalue weighted by molar-refractivity contribution is -0.120. The van der Waals surface area contributed by atoms with Gasteiger partial charge in [0.15, 0.2) is 0 Å². The molecular weight excluding hydrogens is 300 g/mol. The maximum atomic E-state index is 12.1. The highest BCUT2D eigenvalue weighted by atomic mass is 16.3. The van der Waals surface area contributed by atoms with E-state index in [0.717, 1.165) is 57.4 Å². The highest BCUT2D eigenvalue weighted by Crippen LogP contribution is 2.22. The predicted molar refractivity (Wildman–Crippen MR) is 96.1 cm³/mol. The minimum absolute atomic E-state index is 0.113. The second-order valence-corrected chi connectivity index (χ2v) is 7.26. The number of rotatable bonds is 6. The molecule has 0 saturated carbocycles. The van der Waals surface area contributed by atoms with Crippen molar-refractivity contribution in [1.82, 2.24) is 10.2 Å². The lowest BCUT2D eigenvalue weighted by Gasteiger charge is -2.29. The zero-order valence-corrected chi connectivity index (χ0v) is 14.6. The van der Waals surface area contributed by atoms with Crippen LogP contribution in [0.5, 0.6) is 0 Å². The van der Waals surface area contributed by atoms with Gasteiger partial charge in [0.2, 0.25) is 5.91 Å². The normalized spacial score (nSPS) is 19.0. The molecule has 2 N–H and O–H groups in total. The molecule has 0 aromatic heterocycles. The van der Waals surface area contributed by atoms with Crippen LogP contribution in [0.4, 0.5) is 0 Å². The third-order valence-electron chi connectivity index (χ3n) is 5.31. The van der Waals surface area contributed by atoms with Crippen molar-refractivity contribution in [3.05, 3.63) is 34.9 Å². The van der Waals surface area contributed by atoms with E-state index in [1.807, 2.05) is 0 Å². The molecule has 0 radical (unpaired) electrons. The first-order chi connectivity index (χ1) is 11.7. The molecular formula is C20H30N2O2. The Balaban J connectivity index is 1.35. The monoisotopic (exact) mass is 330 g/mol. The fraction of sp³-hybridized carbons (Fsp3) is 0.650. The van der Waals surface area contributed by atoms with Crippen LogP contribution in [0.25, 0.3) is 0 Å². The number of carbonyl (C=O) groups excluding carboxylic acids is 1. The van der Waals surface area contributed by atoms with Gasteiger partial charge >= 0.3 is 0 Å². The lowest BCUT2D eigenvalue weighted by atomic mass is 9.90. The van der Waals surface area contributed by atoms with Gasteiger partial charge < -0.3 is 15.3 Å². The Morgan fingerprint density at radius 1 is 1.17 bits per heavy atom. The molecule has 0 spiro atoms. The van der Waals surface area contributed by atoms with Crippen molar-refractivity contribution in [2.75, 3.05) is 26.2 Å². The number of hydrogen-bond donors (Lipinski definition) is 2. The molecule has 1 aliphatic carbocycles. The molecule has 24 heavy (non-hydrogen) atoms. The van der Waals surface area contributed by atoms with Crippen molar-refractivity contribution in [3.63, 3.8) is 0 Å². The van der Waals surface area contributed by atoms with Gasteiger partial charge in [-0.25, -0.2) is 0 Å². The van der Waals surface area contributed by atoms with Crippen LogP contribution in [-0.4, -0.2) is 48.2 Å². The number of amides is 1. The van der Waals surface area contributed by atoms with E-state index in [2.05, 4.69) is 28.4 Å². The number of aliphatic hydroxyl groups is 1. The smallest absolute Gasteiger partial charge is 0.224 e. The predicted octanol–water partition coefficient (Wildman–Crippen LogP) is 2.07. The second kappa shape index (κ2) is 8.63. The molecule has 1 amide bonds. The summed E-state index contributed by atoms with van der Waals surface area (Å²) in [6.45, 7) is 3.70. The van der Waals surface area contributed by atoms with Crippen molar-refractivity contribution < 1.29 is 9.90 Å².